The predicted molar refractivity (Wildman–Crippen MR) is 180 cm³/mol. The van der Waals surface area contributed by atoms with Crippen LogP contribution in [0, 0.1) is 0 Å². The number of ether oxygens (including phenoxy) is 3. The number of aromatic nitrogens is 1. The van der Waals surface area contributed by atoms with Crippen LogP contribution in [0.1, 0.15) is 22.3 Å². The van der Waals surface area contributed by atoms with E-state index >= 15 is 0 Å². The van der Waals surface area contributed by atoms with Crippen LogP contribution in [0.15, 0.2) is 77.8 Å². The molecule has 9 nitrogen and oxygen atoms in total. The number of carbonyl (C=O) groups excluding carboxylic acids is 1. The number of carboxylic acids is 1. The number of rotatable bonds is 12. The van der Waals surface area contributed by atoms with Crippen molar-refractivity contribution in [3.8, 4) is 22.6 Å². The number of carbonyl (C=O) groups is 2. The standard InChI is InChI=1S/C34H33N3O6S2/c38-32-31(45-34(44)37(32)12-1-16-42-28-6-2-23(3-7-28)33(39)40)22-27-21-25(24-4-8-29-26(20-24)10-11-35-29)5-9-30(27)43-19-15-36-13-17-41-18-14-36/h2-11,20-22,35H,1,12-19H2,(H,39,40)/b31-22-. The molecule has 0 bridgehead atoms. The van der Waals surface area contributed by atoms with Crippen LogP contribution in [0.4, 0.5) is 0 Å². The van der Waals surface area contributed by atoms with Crippen molar-refractivity contribution in [1.82, 2.24) is 14.8 Å². The highest BCUT2D eigenvalue weighted by Gasteiger charge is 2.32. The molecule has 2 saturated heterocycles. The minimum atomic E-state index is -0.986. The number of nitrogens with zero attached hydrogens (tertiary/aromatic N) is 2. The first-order valence-corrected chi connectivity index (χ1v) is 16.0. The second-order valence-electron chi connectivity index (χ2n) is 10.7. The molecule has 2 N–H and O–H groups in total. The van der Waals surface area contributed by atoms with E-state index in [1.54, 1.807) is 17.0 Å². The molecule has 11 heteroatoms. The second-order valence-corrected chi connectivity index (χ2v) is 12.4. The van der Waals surface area contributed by atoms with Gasteiger partial charge in [0.15, 0.2) is 0 Å². The molecule has 3 heterocycles. The number of thiocarbonyl (C=S) groups is 1. The van der Waals surface area contributed by atoms with Crippen molar-refractivity contribution in [1.29, 1.82) is 0 Å². The van der Waals surface area contributed by atoms with Gasteiger partial charge >= 0.3 is 5.97 Å². The maximum atomic E-state index is 13.5. The van der Waals surface area contributed by atoms with Gasteiger partial charge in [0.2, 0.25) is 0 Å². The highest BCUT2D eigenvalue weighted by molar-refractivity contribution is 8.26. The summed E-state index contributed by atoms with van der Waals surface area (Å²) in [5.74, 6) is 0.152. The normalized spacial score (nSPS) is 16.5. The Kier molecular flexibility index (Phi) is 9.80. The molecule has 0 spiro atoms. The summed E-state index contributed by atoms with van der Waals surface area (Å²) < 4.78 is 18.0. The number of morpholine rings is 1. The molecule has 4 aromatic rings. The number of benzene rings is 3. The van der Waals surface area contributed by atoms with Crippen molar-refractivity contribution >= 4 is 57.2 Å². The molecule has 0 aliphatic carbocycles. The number of H-pyrrole nitrogens is 1. The summed E-state index contributed by atoms with van der Waals surface area (Å²) in [5, 5.41) is 10.2. The monoisotopic (exact) mass is 643 g/mol. The number of aromatic amines is 1. The Balaban J connectivity index is 1.15. The summed E-state index contributed by atoms with van der Waals surface area (Å²) in [6, 6.07) is 20.7. The van der Waals surface area contributed by atoms with Gasteiger partial charge in [-0.3, -0.25) is 14.6 Å². The zero-order chi connectivity index (χ0) is 31.2. The lowest BCUT2D eigenvalue weighted by Gasteiger charge is -2.26. The highest BCUT2D eigenvalue weighted by Crippen LogP contribution is 2.36. The van der Waals surface area contributed by atoms with Crippen molar-refractivity contribution in [3.63, 3.8) is 0 Å². The fourth-order valence-corrected chi connectivity index (χ4v) is 6.55. The maximum Gasteiger partial charge on any atom is 0.335 e. The Morgan fingerprint density at radius 2 is 1.76 bits per heavy atom. The Labute approximate surface area is 270 Å². The third-order valence-electron chi connectivity index (χ3n) is 7.72. The number of hydrogen-bond acceptors (Lipinski definition) is 8. The fourth-order valence-electron chi connectivity index (χ4n) is 5.26. The van der Waals surface area contributed by atoms with Crippen molar-refractivity contribution < 1.29 is 28.9 Å². The molecule has 45 heavy (non-hydrogen) atoms. The SMILES string of the molecule is O=C(O)c1ccc(OCCCN2C(=O)/C(=C/c3cc(-c4ccc5[nH]ccc5c4)ccc3OCCN3CCOCC3)SC2=S)cc1. The average molecular weight is 644 g/mol. The van der Waals surface area contributed by atoms with Crippen molar-refractivity contribution in [2.45, 2.75) is 6.42 Å². The Morgan fingerprint density at radius 3 is 2.56 bits per heavy atom. The van der Waals surface area contributed by atoms with Crippen LogP contribution in [-0.2, 0) is 9.53 Å². The van der Waals surface area contributed by atoms with Gasteiger partial charge in [-0.15, -0.1) is 0 Å². The molecule has 0 atom stereocenters. The Bertz CT molecular complexity index is 1730. The van der Waals surface area contributed by atoms with Crippen molar-refractivity contribution in [2.24, 2.45) is 0 Å². The molecule has 2 fully saturated rings. The van der Waals surface area contributed by atoms with E-state index in [4.69, 9.17) is 31.5 Å². The lowest BCUT2D eigenvalue weighted by molar-refractivity contribution is -0.122. The average Bonchev–Trinajstić information content (AvgIpc) is 3.63. The maximum absolute atomic E-state index is 13.5. The van der Waals surface area contributed by atoms with Gasteiger partial charge in [0.05, 0.1) is 30.3 Å². The minimum Gasteiger partial charge on any atom is -0.494 e. The molecular formula is C34H33N3O6S2. The van der Waals surface area contributed by atoms with Gasteiger partial charge in [0.1, 0.15) is 22.4 Å². The first-order valence-electron chi connectivity index (χ1n) is 14.8. The van der Waals surface area contributed by atoms with E-state index < -0.39 is 5.97 Å². The quantitative estimate of drug-likeness (QED) is 0.111. The number of amides is 1. The van der Waals surface area contributed by atoms with Gasteiger partial charge in [-0.2, -0.15) is 0 Å². The number of carboxylic acid groups (broad SMARTS) is 1. The molecule has 232 valence electrons. The minimum absolute atomic E-state index is 0.144. The van der Waals surface area contributed by atoms with E-state index in [1.807, 2.05) is 24.4 Å². The molecule has 2 aliphatic rings. The smallest absolute Gasteiger partial charge is 0.335 e. The Morgan fingerprint density at radius 1 is 0.978 bits per heavy atom. The summed E-state index contributed by atoms with van der Waals surface area (Å²) in [7, 11) is 0. The first-order chi connectivity index (χ1) is 21.9. The lowest BCUT2D eigenvalue weighted by atomic mass is 10.0. The van der Waals surface area contributed by atoms with E-state index in [0.717, 1.165) is 60.4 Å². The zero-order valence-electron chi connectivity index (χ0n) is 24.6. The fraction of sp³-hybridized carbons (Fsp3) is 0.265. The van der Waals surface area contributed by atoms with Crippen LogP contribution in [0.2, 0.25) is 0 Å². The number of hydrogen-bond donors (Lipinski definition) is 2. The van der Waals surface area contributed by atoms with Crippen LogP contribution in [0.5, 0.6) is 11.5 Å². The number of aromatic carboxylic acids is 1. The van der Waals surface area contributed by atoms with Crippen LogP contribution >= 0.6 is 24.0 Å². The van der Waals surface area contributed by atoms with Crippen LogP contribution in [0.25, 0.3) is 28.1 Å². The highest BCUT2D eigenvalue weighted by atomic mass is 32.2. The number of thioether (sulfide) groups is 1. The van der Waals surface area contributed by atoms with Crippen molar-refractivity contribution in [3.05, 3.63) is 89.0 Å². The third-order valence-corrected chi connectivity index (χ3v) is 9.10. The van der Waals surface area contributed by atoms with E-state index in [2.05, 4.69) is 40.2 Å². The first kappa shape index (κ1) is 30.8. The van der Waals surface area contributed by atoms with Gasteiger partial charge in [0, 0.05) is 43.5 Å². The summed E-state index contributed by atoms with van der Waals surface area (Å²) in [4.78, 5) is 32.2. The molecule has 6 rings (SSSR count). The zero-order valence-corrected chi connectivity index (χ0v) is 26.2. The summed E-state index contributed by atoms with van der Waals surface area (Å²) in [5.41, 5.74) is 4.18. The lowest BCUT2D eigenvalue weighted by Crippen LogP contribution is -2.38. The number of fused-ring (bicyclic) bond motifs is 1. The summed E-state index contributed by atoms with van der Waals surface area (Å²) in [6.07, 6.45) is 4.37. The molecule has 1 aromatic heterocycles. The molecule has 2 aliphatic heterocycles. The summed E-state index contributed by atoms with van der Waals surface area (Å²) in [6.45, 7) is 5.34. The van der Waals surface area contributed by atoms with Gasteiger partial charge in [0.25, 0.3) is 5.91 Å². The van der Waals surface area contributed by atoms with E-state index in [0.29, 0.717) is 46.9 Å². The predicted octanol–water partition coefficient (Wildman–Crippen LogP) is 5.91. The van der Waals surface area contributed by atoms with Crippen LogP contribution < -0.4 is 9.47 Å². The van der Waals surface area contributed by atoms with Gasteiger partial charge in [-0.05, 0) is 83.6 Å². The van der Waals surface area contributed by atoms with E-state index in [9.17, 15) is 9.59 Å². The van der Waals surface area contributed by atoms with Crippen molar-refractivity contribution in [2.75, 3.05) is 52.6 Å². The van der Waals surface area contributed by atoms with Gasteiger partial charge in [-0.1, -0.05) is 36.1 Å². The molecule has 1 amide bonds. The van der Waals surface area contributed by atoms with Crippen LogP contribution in [-0.4, -0.2) is 88.7 Å². The molecule has 0 saturated carbocycles. The molecule has 3 aromatic carbocycles. The van der Waals surface area contributed by atoms with Crippen LogP contribution in [0.3, 0.4) is 0 Å². The second kappa shape index (κ2) is 14.3. The van der Waals surface area contributed by atoms with E-state index in [1.165, 1.54) is 23.9 Å². The molecule has 0 radical (unpaired) electrons. The third kappa shape index (κ3) is 7.56. The summed E-state index contributed by atoms with van der Waals surface area (Å²) >= 11 is 6.87. The van der Waals surface area contributed by atoms with Gasteiger partial charge < -0.3 is 24.3 Å². The van der Waals surface area contributed by atoms with Gasteiger partial charge in [-0.25, -0.2) is 4.79 Å². The van der Waals surface area contributed by atoms with E-state index in [-0.39, 0.29) is 11.5 Å². The molecular weight excluding hydrogens is 611 g/mol. The largest absolute Gasteiger partial charge is 0.494 e. The topological polar surface area (TPSA) is 104 Å². The molecule has 0 unspecified atom stereocenters. The number of nitrogens with one attached hydrogen (secondary N) is 1. The Hall–Kier alpha value is -4.16.